The fraction of sp³-hybridized carbons (Fsp3) is 0.250. The van der Waals surface area contributed by atoms with Gasteiger partial charge in [-0.25, -0.2) is 13.9 Å². The molecule has 0 bridgehead atoms. The van der Waals surface area contributed by atoms with Crippen LogP contribution in [0.15, 0.2) is 24.5 Å². The van der Waals surface area contributed by atoms with Gasteiger partial charge in [0.25, 0.3) is 0 Å². The van der Waals surface area contributed by atoms with Crippen LogP contribution in [0.4, 0.5) is 15.1 Å². The molecule has 0 aliphatic heterocycles. The van der Waals surface area contributed by atoms with Crippen molar-refractivity contribution in [2.45, 2.75) is 6.10 Å². The number of rotatable bonds is 4. The lowest BCUT2D eigenvalue weighted by molar-refractivity contribution is 0.174. The highest BCUT2D eigenvalue weighted by Crippen LogP contribution is 2.19. The van der Waals surface area contributed by atoms with Gasteiger partial charge in [-0.05, 0) is 17.7 Å². The molecule has 9 heteroatoms. The molecule has 1 unspecified atom stereocenters. The smallest absolute Gasteiger partial charge is 0.321 e. The Labute approximate surface area is 124 Å². The molecule has 3 N–H and O–H groups in total. The van der Waals surface area contributed by atoms with E-state index in [1.807, 2.05) is 0 Å². The van der Waals surface area contributed by atoms with Crippen LogP contribution in [0.25, 0.3) is 0 Å². The number of aromatic nitrogens is 3. The van der Waals surface area contributed by atoms with E-state index in [-0.39, 0.29) is 17.5 Å². The zero-order valence-corrected chi connectivity index (χ0v) is 11.8. The monoisotopic (exact) mass is 313 g/mol. The number of amides is 2. The molecule has 0 spiro atoms. The number of carbonyl (C=O) groups excluding carboxylic acids is 1. The summed E-state index contributed by atoms with van der Waals surface area (Å²) in [5, 5.41) is 18.5. The Hall–Kier alpha value is -2.19. The van der Waals surface area contributed by atoms with Crippen LogP contribution in [0.5, 0.6) is 0 Å². The van der Waals surface area contributed by atoms with Crippen LogP contribution in [-0.4, -0.2) is 32.4 Å². The van der Waals surface area contributed by atoms with Crippen LogP contribution in [0.1, 0.15) is 11.7 Å². The molecule has 2 rings (SSSR count). The van der Waals surface area contributed by atoms with Crippen molar-refractivity contribution in [2.75, 3.05) is 11.9 Å². The molecular formula is C12H13ClFN5O2. The summed E-state index contributed by atoms with van der Waals surface area (Å²) >= 11 is 5.56. The van der Waals surface area contributed by atoms with Crippen molar-refractivity contribution in [3.8, 4) is 0 Å². The van der Waals surface area contributed by atoms with Crippen molar-refractivity contribution < 1.29 is 14.3 Å². The van der Waals surface area contributed by atoms with Crippen molar-refractivity contribution in [1.82, 2.24) is 20.1 Å². The molecule has 1 atom stereocenters. The fourth-order valence-electron chi connectivity index (χ4n) is 1.58. The number of aryl methyl sites for hydroxylation is 1. The first kappa shape index (κ1) is 15.2. The minimum atomic E-state index is -1.05. The van der Waals surface area contributed by atoms with E-state index < -0.39 is 18.0 Å². The average Bonchev–Trinajstić information content (AvgIpc) is 2.84. The van der Waals surface area contributed by atoms with Crippen LogP contribution < -0.4 is 10.6 Å². The second-order valence-corrected chi connectivity index (χ2v) is 4.64. The van der Waals surface area contributed by atoms with Gasteiger partial charge in [0.1, 0.15) is 12.1 Å². The lowest BCUT2D eigenvalue weighted by Crippen LogP contribution is -2.33. The lowest BCUT2D eigenvalue weighted by Gasteiger charge is -2.13. The topological polar surface area (TPSA) is 92.1 Å². The van der Waals surface area contributed by atoms with Crippen molar-refractivity contribution in [3.63, 3.8) is 0 Å². The first-order valence-corrected chi connectivity index (χ1v) is 6.37. The Morgan fingerprint density at radius 1 is 1.57 bits per heavy atom. The highest BCUT2D eigenvalue weighted by Gasteiger charge is 2.12. The van der Waals surface area contributed by atoms with Gasteiger partial charge in [0.2, 0.25) is 5.95 Å². The maximum atomic E-state index is 13.3. The number of aliphatic hydroxyl groups is 1. The molecule has 1 aromatic heterocycles. The Bertz CT molecular complexity index is 648. The minimum Gasteiger partial charge on any atom is -0.387 e. The van der Waals surface area contributed by atoms with Gasteiger partial charge >= 0.3 is 6.03 Å². The number of carbonyl (C=O) groups is 1. The maximum Gasteiger partial charge on any atom is 0.321 e. The van der Waals surface area contributed by atoms with Gasteiger partial charge < -0.3 is 10.4 Å². The minimum absolute atomic E-state index is 0.0288. The van der Waals surface area contributed by atoms with Crippen LogP contribution >= 0.6 is 11.6 Å². The molecule has 112 valence electrons. The summed E-state index contributed by atoms with van der Waals surface area (Å²) in [6.07, 6.45) is 0.239. The molecule has 0 aliphatic rings. The number of halogens is 2. The highest BCUT2D eigenvalue weighted by atomic mass is 35.5. The van der Waals surface area contributed by atoms with Crippen molar-refractivity contribution in [3.05, 3.63) is 40.9 Å². The molecule has 0 saturated carbocycles. The van der Waals surface area contributed by atoms with Gasteiger partial charge in [0.05, 0.1) is 11.1 Å². The zero-order valence-electron chi connectivity index (χ0n) is 11.0. The quantitative estimate of drug-likeness (QED) is 0.797. The molecule has 0 radical (unpaired) electrons. The first-order valence-electron chi connectivity index (χ1n) is 5.99. The largest absolute Gasteiger partial charge is 0.387 e. The third-order valence-electron chi connectivity index (χ3n) is 2.72. The molecule has 7 nitrogen and oxygen atoms in total. The number of nitrogens with one attached hydrogen (secondary N) is 2. The van der Waals surface area contributed by atoms with E-state index in [1.165, 1.54) is 23.1 Å². The van der Waals surface area contributed by atoms with E-state index in [4.69, 9.17) is 11.6 Å². The predicted molar refractivity (Wildman–Crippen MR) is 74.4 cm³/mol. The Morgan fingerprint density at radius 3 is 2.95 bits per heavy atom. The second-order valence-electron chi connectivity index (χ2n) is 4.23. The molecule has 2 amide bonds. The number of hydrogen-bond acceptors (Lipinski definition) is 4. The summed E-state index contributed by atoms with van der Waals surface area (Å²) in [6.45, 7) is -0.0925. The second kappa shape index (κ2) is 6.51. The molecule has 1 aromatic carbocycles. The lowest BCUT2D eigenvalue weighted by atomic mass is 10.1. The van der Waals surface area contributed by atoms with Crippen LogP contribution in [0.3, 0.4) is 0 Å². The van der Waals surface area contributed by atoms with E-state index in [0.717, 1.165) is 6.07 Å². The van der Waals surface area contributed by atoms with Gasteiger partial charge in [0, 0.05) is 13.6 Å². The van der Waals surface area contributed by atoms with Gasteiger partial charge in [-0.2, -0.15) is 10.1 Å². The molecule has 2 aromatic rings. The summed E-state index contributed by atoms with van der Waals surface area (Å²) in [5.41, 5.74) is 0.316. The molecule has 1 heterocycles. The molecular weight excluding hydrogens is 301 g/mol. The van der Waals surface area contributed by atoms with E-state index in [0.29, 0.717) is 5.56 Å². The normalized spacial score (nSPS) is 12.0. The SMILES string of the molecule is Cn1ncnc1NC(=O)NCC(O)c1ccc(Cl)c(F)c1. The van der Waals surface area contributed by atoms with Crippen molar-refractivity contribution in [2.24, 2.45) is 7.05 Å². The third kappa shape index (κ3) is 3.89. The highest BCUT2D eigenvalue weighted by molar-refractivity contribution is 6.30. The Balaban J connectivity index is 1.88. The number of benzene rings is 1. The van der Waals surface area contributed by atoms with Gasteiger partial charge in [-0.1, -0.05) is 17.7 Å². The summed E-state index contributed by atoms with van der Waals surface area (Å²) in [4.78, 5) is 15.4. The Kier molecular flexibility index (Phi) is 4.71. The first-order chi connectivity index (χ1) is 9.97. The third-order valence-corrected chi connectivity index (χ3v) is 3.03. The molecule has 0 saturated heterocycles. The number of aliphatic hydroxyl groups excluding tert-OH is 1. The van der Waals surface area contributed by atoms with Gasteiger partial charge in [-0.15, -0.1) is 0 Å². The zero-order chi connectivity index (χ0) is 15.4. The van der Waals surface area contributed by atoms with Gasteiger partial charge in [0.15, 0.2) is 0 Å². The molecule has 0 aliphatic carbocycles. The molecule has 21 heavy (non-hydrogen) atoms. The van der Waals surface area contributed by atoms with Crippen LogP contribution in [-0.2, 0) is 7.05 Å². The summed E-state index contributed by atoms with van der Waals surface area (Å²) in [6, 6.07) is 3.39. The summed E-state index contributed by atoms with van der Waals surface area (Å²) < 4.78 is 14.7. The maximum absolute atomic E-state index is 13.3. The Morgan fingerprint density at radius 2 is 2.33 bits per heavy atom. The van der Waals surface area contributed by atoms with Crippen LogP contribution in [0.2, 0.25) is 5.02 Å². The van der Waals surface area contributed by atoms with Crippen molar-refractivity contribution in [1.29, 1.82) is 0 Å². The predicted octanol–water partition coefficient (Wildman–Crippen LogP) is 1.46. The number of hydrogen-bond donors (Lipinski definition) is 3. The van der Waals surface area contributed by atoms with E-state index in [9.17, 15) is 14.3 Å². The van der Waals surface area contributed by atoms with Crippen LogP contribution in [0, 0.1) is 5.82 Å². The number of urea groups is 1. The van der Waals surface area contributed by atoms with E-state index in [1.54, 1.807) is 7.05 Å². The molecule has 0 fully saturated rings. The van der Waals surface area contributed by atoms with E-state index >= 15 is 0 Å². The fourth-order valence-corrected chi connectivity index (χ4v) is 1.70. The van der Waals surface area contributed by atoms with Crippen molar-refractivity contribution >= 4 is 23.6 Å². The summed E-state index contributed by atoms with van der Waals surface area (Å²) in [5.74, 6) is -0.365. The number of nitrogens with zero attached hydrogens (tertiary/aromatic N) is 3. The van der Waals surface area contributed by atoms with Gasteiger partial charge in [-0.3, -0.25) is 5.32 Å². The number of anilines is 1. The standard InChI is InChI=1S/C12H13ClFN5O2/c1-19-11(16-6-17-19)18-12(21)15-5-10(20)7-2-3-8(13)9(14)4-7/h2-4,6,10,20H,5H2,1H3,(H2,15,16,17,18,21). The van der Waals surface area contributed by atoms with E-state index in [2.05, 4.69) is 20.7 Å². The summed E-state index contributed by atoms with van der Waals surface area (Å²) in [7, 11) is 1.62. The average molecular weight is 314 g/mol.